The molecule has 0 amide bonds. The summed E-state index contributed by atoms with van der Waals surface area (Å²) in [5.74, 6) is 5.29. The molecule has 0 aliphatic carbocycles. The van der Waals surface area contributed by atoms with Crippen molar-refractivity contribution in [1.29, 1.82) is 5.26 Å². The summed E-state index contributed by atoms with van der Waals surface area (Å²) in [5, 5.41) is 9.19. The van der Waals surface area contributed by atoms with E-state index in [9.17, 15) is 0 Å². The van der Waals surface area contributed by atoms with Gasteiger partial charge in [0, 0.05) is 5.02 Å². The van der Waals surface area contributed by atoms with Crippen molar-refractivity contribution in [3.8, 4) is 6.07 Å². The molecule has 1 rings (SSSR count). The minimum absolute atomic E-state index is 0.123. The van der Waals surface area contributed by atoms with Crippen LogP contribution >= 0.6 is 11.6 Å². The first-order chi connectivity index (χ1) is 6.27. The van der Waals surface area contributed by atoms with Gasteiger partial charge in [0.25, 0.3) is 0 Å². The first kappa shape index (κ1) is 10.0. The first-order valence-corrected chi connectivity index (χ1v) is 4.24. The topological polar surface area (TPSA) is 61.8 Å². The van der Waals surface area contributed by atoms with Crippen LogP contribution in [-0.4, -0.2) is 0 Å². The Hall–Kier alpha value is -1.08. The van der Waals surface area contributed by atoms with Crippen molar-refractivity contribution < 1.29 is 0 Å². The summed E-state index contributed by atoms with van der Waals surface area (Å²) in [5.41, 5.74) is 3.54. The van der Waals surface area contributed by atoms with Crippen LogP contribution in [0.15, 0.2) is 24.3 Å². The summed E-state index contributed by atoms with van der Waals surface area (Å²) in [6.45, 7) is 0. The maximum atomic E-state index is 8.51. The SMILES string of the molecule is N#CC[C@@H](NN)c1ccc(Cl)cc1. The number of benzene rings is 1. The van der Waals surface area contributed by atoms with Crippen LogP contribution in [0.25, 0.3) is 0 Å². The molecule has 0 fully saturated rings. The second-order valence-corrected chi connectivity index (χ2v) is 3.07. The normalized spacial score (nSPS) is 12.1. The predicted octanol–water partition coefficient (Wildman–Crippen LogP) is 1.76. The largest absolute Gasteiger partial charge is 0.271 e. The maximum Gasteiger partial charge on any atom is 0.0642 e. The van der Waals surface area contributed by atoms with Crippen molar-refractivity contribution in [3.05, 3.63) is 34.9 Å². The van der Waals surface area contributed by atoms with Gasteiger partial charge in [-0.3, -0.25) is 11.3 Å². The van der Waals surface area contributed by atoms with E-state index in [1.807, 2.05) is 12.1 Å². The van der Waals surface area contributed by atoms with Crippen molar-refractivity contribution in [2.75, 3.05) is 0 Å². The van der Waals surface area contributed by atoms with Gasteiger partial charge in [-0.1, -0.05) is 23.7 Å². The quantitative estimate of drug-likeness (QED) is 0.571. The Balaban J connectivity index is 2.80. The van der Waals surface area contributed by atoms with Crippen LogP contribution in [-0.2, 0) is 0 Å². The molecule has 68 valence electrons. The highest BCUT2D eigenvalue weighted by Gasteiger charge is 2.07. The number of nitrogens with two attached hydrogens (primary N) is 1. The summed E-state index contributed by atoms with van der Waals surface area (Å²) < 4.78 is 0. The number of nitrogens with one attached hydrogen (secondary N) is 1. The molecule has 0 aliphatic rings. The third-order valence-electron chi connectivity index (χ3n) is 1.77. The summed E-state index contributed by atoms with van der Waals surface area (Å²) in [7, 11) is 0. The molecule has 0 radical (unpaired) electrons. The third-order valence-corrected chi connectivity index (χ3v) is 2.02. The minimum Gasteiger partial charge on any atom is -0.271 e. The monoisotopic (exact) mass is 195 g/mol. The van der Waals surface area contributed by atoms with E-state index >= 15 is 0 Å². The van der Waals surface area contributed by atoms with Crippen LogP contribution in [0.5, 0.6) is 0 Å². The van der Waals surface area contributed by atoms with Crippen molar-refractivity contribution in [1.82, 2.24) is 5.43 Å². The fourth-order valence-electron chi connectivity index (χ4n) is 1.06. The third kappa shape index (κ3) is 2.71. The van der Waals surface area contributed by atoms with Crippen molar-refractivity contribution >= 4 is 11.6 Å². The van der Waals surface area contributed by atoms with Crippen LogP contribution < -0.4 is 11.3 Å². The minimum atomic E-state index is -0.123. The highest BCUT2D eigenvalue weighted by atomic mass is 35.5. The van der Waals surface area contributed by atoms with Gasteiger partial charge in [0.2, 0.25) is 0 Å². The van der Waals surface area contributed by atoms with Gasteiger partial charge < -0.3 is 0 Å². The Kier molecular flexibility index (Phi) is 3.71. The first-order valence-electron chi connectivity index (χ1n) is 3.86. The van der Waals surface area contributed by atoms with Crippen LogP contribution in [0.4, 0.5) is 0 Å². The van der Waals surface area contributed by atoms with E-state index in [2.05, 4.69) is 11.5 Å². The molecule has 0 aromatic heterocycles. The van der Waals surface area contributed by atoms with Gasteiger partial charge in [-0.25, -0.2) is 0 Å². The molecule has 0 spiro atoms. The fourth-order valence-corrected chi connectivity index (χ4v) is 1.19. The van der Waals surface area contributed by atoms with Gasteiger partial charge in [0.15, 0.2) is 0 Å². The number of nitriles is 1. The van der Waals surface area contributed by atoms with Gasteiger partial charge in [-0.2, -0.15) is 5.26 Å². The van der Waals surface area contributed by atoms with E-state index in [4.69, 9.17) is 22.7 Å². The Bertz CT molecular complexity index is 302. The molecule has 3 nitrogen and oxygen atoms in total. The molecule has 0 saturated carbocycles. The molecule has 1 aromatic carbocycles. The van der Waals surface area contributed by atoms with E-state index in [0.29, 0.717) is 11.4 Å². The molecule has 4 heteroatoms. The molecule has 0 bridgehead atoms. The van der Waals surface area contributed by atoms with Crippen LogP contribution in [0.1, 0.15) is 18.0 Å². The van der Waals surface area contributed by atoms with E-state index in [-0.39, 0.29) is 6.04 Å². The average molecular weight is 196 g/mol. The highest BCUT2D eigenvalue weighted by molar-refractivity contribution is 6.30. The summed E-state index contributed by atoms with van der Waals surface area (Å²) in [6, 6.07) is 9.19. The summed E-state index contributed by atoms with van der Waals surface area (Å²) in [4.78, 5) is 0. The number of hydrazine groups is 1. The highest BCUT2D eigenvalue weighted by Crippen LogP contribution is 2.17. The smallest absolute Gasteiger partial charge is 0.0642 e. The Morgan fingerprint density at radius 3 is 2.54 bits per heavy atom. The van der Waals surface area contributed by atoms with Gasteiger partial charge in [-0.15, -0.1) is 0 Å². The van der Waals surface area contributed by atoms with E-state index in [0.717, 1.165) is 5.56 Å². The number of halogens is 1. The predicted molar refractivity (Wildman–Crippen MR) is 51.7 cm³/mol. The molecule has 1 aromatic rings. The van der Waals surface area contributed by atoms with Crippen LogP contribution in [0.2, 0.25) is 5.02 Å². The molecular weight excluding hydrogens is 186 g/mol. The second-order valence-electron chi connectivity index (χ2n) is 2.63. The Labute approximate surface area is 82.1 Å². The summed E-state index contributed by atoms with van der Waals surface area (Å²) in [6.07, 6.45) is 0.345. The van der Waals surface area contributed by atoms with Gasteiger partial charge >= 0.3 is 0 Å². The van der Waals surface area contributed by atoms with Gasteiger partial charge in [0.1, 0.15) is 0 Å². The number of nitrogens with zero attached hydrogens (tertiary/aromatic N) is 1. The van der Waals surface area contributed by atoms with Gasteiger partial charge in [0.05, 0.1) is 18.5 Å². The van der Waals surface area contributed by atoms with Crippen molar-refractivity contribution in [2.45, 2.75) is 12.5 Å². The molecule has 0 saturated heterocycles. The number of hydrogen-bond acceptors (Lipinski definition) is 3. The van der Waals surface area contributed by atoms with Crippen molar-refractivity contribution in [3.63, 3.8) is 0 Å². The standard InChI is InChI=1S/C9H10ClN3/c10-8-3-1-7(2-4-8)9(13-12)5-6-11/h1-4,9,13H,5,12H2/t9-/m1/s1. The van der Waals surface area contributed by atoms with Crippen LogP contribution in [0, 0.1) is 11.3 Å². The average Bonchev–Trinajstić information content (AvgIpc) is 2.16. The molecular formula is C9H10ClN3. The zero-order valence-electron chi connectivity index (χ0n) is 7.00. The molecule has 1 atom stereocenters. The maximum absolute atomic E-state index is 8.51. The lowest BCUT2D eigenvalue weighted by atomic mass is 10.1. The second kappa shape index (κ2) is 4.83. The lowest BCUT2D eigenvalue weighted by Crippen LogP contribution is -2.27. The fraction of sp³-hybridized carbons (Fsp3) is 0.222. The van der Waals surface area contributed by atoms with Crippen molar-refractivity contribution in [2.24, 2.45) is 5.84 Å². The Morgan fingerprint density at radius 2 is 2.08 bits per heavy atom. The molecule has 0 unspecified atom stereocenters. The van der Waals surface area contributed by atoms with E-state index < -0.39 is 0 Å². The van der Waals surface area contributed by atoms with Gasteiger partial charge in [-0.05, 0) is 17.7 Å². The molecule has 0 aliphatic heterocycles. The Morgan fingerprint density at radius 1 is 1.46 bits per heavy atom. The van der Waals surface area contributed by atoms with E-state index in [1.54, 1.807) is 12.1 Å². The zero-order valence-corrected chi connectivity index (χ0v) is 7.75. The molecule has 3 N–H and O–H groups in total. The molecule has 0 heterocycles. The number of hydrogen-bond donors (Lipinski definition) is 2. The lowest BCUT2D eigenvalue weighted by molar-refractivity contribution is 0.566. The van der Waals surface area contributed by atoms with E-state index in [1.165, 1.54) is 0 Å². The summed E-state index contributed by atoms with van der Waals surface area (Å²) >= 11 is 5.72. The molecule has 13 heavy (non-hydrogen) atoms. The van der Waals surface area contributed by atoms with Crippen LogP contribution in [0.3, 0.4) is 0 Å². The zero-order chi connectivity index (χ0) is 9.68. The lowest BCUT2D eigenvalue weighted by Gasteiger charge is -2.11. The number of rotatable bonds is 3.